The van der Waals surface area contributed by atoms with Crippen molar-refractivity contribution in [1.29, 1.82) is 0 Å². The molecule has 0 bridgehead atoms. The quantitative estimate of drug-likeness (QED) is 0.870. The van der Waals surface area contributed by atoms with Crippen molar-refractivity contribution in [3.63, 3.8) is 0 Å². The zero-order valence-electron chi connectivity index (χ0n) is 11.8. The van der Waals surface area contributed by atoms with E-state index in [1.165, 1.54) is 0 Å². The van der Waals surface area contributed by atoms with E-state index in [9.17, 15) is 4.79 Å². The monoisotopic (exact) mass is 272 g/mol. The molecular formula is C15H20N4O. The van der Waals surface area contributed by atoms with E-state index in [1.54, 1.807) is 17.1 Å². The van der Waals surface area contributed by atoms with Crippen molar-refractivity contribution in [1.82, 2.24) is 15.1 Å². The minimum absolute atomic E-state index is 0.0441. The summed E-state index contributed by atoms with van der Waals surface area (Å²) < 4.78 is 1.69. The predicted molar refractivity (Wildman–Crippen MR) is 78.8 cm³/mol. The topological polar surface area (TPSA) is 72.9 Å². The van der Waals surface area contributed by atoms with Gasteiger partial charge >= 0.3 is 0 Å². The highest BCUT2D eigenvalue weighted by Gasteiger charge is 2.13. The van der Waals surface area contributed by atoms with Gasteiger partial charge in [0, 0.05) is 18.3 Å². The number of carbonyl (C=O) groups is 1. The summed E-state index contributed by atoms with van der Waals surface area (Å²) in [5.74, 6) is -0.125. The Morgan fingerprint density at radius 1 is 1.35 bits per heavy atom. The Bertz CT molecular complexity index is 562. The van der Waals surface area contributed by atoms with E-state index in [2.05, 4.69) is 10.4 Å². The van der Waals surface area contributed by atoms with Gasteiger partial charge in [0.25, 0.3) is 5.91 Å². The normalized spacial score (nSPS) is 13.8. The van der Waals surface area contributed by atoms with Crippen LogP contribution < -0.4 is 11.1 Å². The molecule has 0 saturated heterocycles. The third-order valence-corrected chi connectivity index (χ3v) is 2.97. The van der Waals surface area contributed by atoms with Gasteiger partial charge in [-0.2, -0.15) is 5.10 Å². The third kappa shape index (κ3) is 3.68. The maximum Gasteiger partial charge on any atom is 0.254 e. The summed E-state index contributed by atoms with van der Waals surface area (Å²) >= 11 is 0. The Hall–Kier alpha value is -2.14. The number of hydrogen-bond acceptors (Lipinski definition) is 3. The molecule has 0 fully saturated rings. The highest BCUT2D eigenvalue weighted by molar-refractivity contribution is 5.93. The first-order valence-electron chi connectivity index (χ1n) is 6.73. The first-order chi connectivity index (χ1) is 9.56. The Morgan fingerprint density at radius 3 is 2.70 bits per heavy atom. The molecule has 0 aliphatic rings. The van der Waals surface area contributed by atoms with Crippen molar-refractivity contribution in [3.05, 3.63) is 48.3 Å². The van der Waals surface area contributed by atoms with Crippen molar-refractivity contribution < 1.29 is 4.79 Å². The van der Waals surface area contributed by atoms with Crippen LogP contribution in [0.25, 0.3) is 5.69 Å². The number of aromatic nitrogens is 2. The molecule has 0 radical (unpaired) electrons. The average molecular weight is 272 g/mol. The van der Waals surface area contributed by atoms with E-state index in [-0.39, 0.29) is 18.0 Å². The number of hydrogen-bond donors (Lipinski definition) is 2. The molecule has 2 rings (SSSR count). The summed E-state index contributed by atoms with van der Waals surface area (Å²) in [6, 6.07) is 9.79. The molecular weight excluding hydrogens is 252 g/mol. The van der Waals surface area contributed by atoms with Crippen LogP contribution in [0.1, 0.15) is 30.6 Å². The zero-order valence-corrected chi connectivity index (χ0v) is 11.8. The molecule has 1 amide bonds. The van der Waals surface area contributed by atoms with Crippen LogP contribution in [0.2, 0.25) is 0 Å². The fourth-order valence-electron chi connectivity index (χ4n) is 2.09. The number of nitrogens with one attached hydrogen (secondary N) is 1. The van der Waals surface area contributed by atoms with E-state index >= 15 is 0 Å². The molecule has 5 nitrogen and oxygen atoms in total. The molecule has 5 heteroatoms. The molecule has 1 heterocycles. The van der Waals surface area contributed by atoms with Gasteiger partial charge in [-0.25, -0.2) is 4.68 Å². The van der Waals surface area contributed by atoms with Crippen molar-refractivity contribution >= 4 is 5.91 Å². The Labute approximate surface area is 118 Å². The Kier molecular flexibility index (Phi) is 4.53. The van der Waals surface area contributed by atoms with Crippen LogP contribution in [0.5, 0.6) is 0 Å². The van der Waals surface area contributed by atoms with Crippen LogP contribution in [0.4, 0.5) is 0 Å². The van der Waals surface area contributed by atoms with Crippen molar-refractivity contribution in [3.8, 4) is 5.69 Å². The molecule has 3 N–H and O–H groups in total. The van der Waals surface area contributed by atoms with Crippen LogP contribution in [0, 0.1) is 0 Å². The first-order valence-corrected chi connectivity index (χ1v) is 6.73. The lowest BCUT2D eigenvalue weighted by Crippen LogP contribution is -2.36. The summed E-state index contributed by atoms with van der Waals surface area (Å²) in [7, 11) is 0. The van der Waals surface area contributed by atoms with Crippen molar-refractivity contribution in [2.75, 3.05) is 0 Å². The van der Waals surface area contributed by atoms with Crippen LogP contribution in [-0.2, 0) is 0 Å². The molecule has 1 aromatic carbocycles. The second-order valence-electron chi connectivity index (χ2n) is 5.10. The highest BCUT2D eigenvalue weighted by Crippen LogP contribution is 2.08. The van der Waals surface area contributed by atoms with Crippen LogP contribution in [0.3, 0.4) is 0 Å². The molecule has 0 aliphatic heterocycles. The number of nitrogens with zero attached hydrogens (tertiary/aromatic N) is 2. The minimum atomic E-state index is -0.125. The zero-order chi connectivity index (χ0) is 14.5. The van der Waals surface area contributed by atoms with E-state index in [4.69, 9.17) is 5.73 Å². The smallest absolute Gasteiger partial charge is 0.254 e. The summed E-state index contributed by atoms with van der Waals surface area (Å²) in [5.41, 5.74) is 7.19. The maximum absolute atomic E-state index is 12.1. The third-order valence-electron chi connectivity index (χ3n) is 2.97. The van der Waals surface area contributed by atoms with E-state index in [1.807, 2.05) is 44.2 Å². The fraction of sp³-hybridized carbons (Fsp3) is 0.333. The summed E-state index contributed by atoms with van der Waals surface area (Å²) in [5, 5.41) is 7.13. The largest absolute Gasteiger partial charge is 0.349 e. The lowest BCUT2D eigenvalue weighted by Gasteiger charge is -2.15. The number of amides is 1. The van der Waals surface area contributed by atoms with Gasteiger partial charge in [-0.05, 0) is 32.4 Å². The standard InChI is InChI=1S/C15H20N4O/c1-11(16)8-12(2)18-15(20)13-9-17-19(10-13)14-6-4-3-5-7-14/h3-7,9-12H,8,16H2,1-2H3,(H,18,20). The molecule has 0 saturated carbocycles. The van der Waals surface area contributed by atoms with Crippen LogP contribution in [0.15, 0.2) is 42.7 Å². The van der Waals surface area contributed by atoms with Gasteiger partial charge in [-0.15, -0.1) is 0 Å². The molecule has 2 atom stereocenters. The SMILES string of the molecule is CC(N)CC(C)NC(=O)c1cnn(-c2ccccc2)c1. The van der Waals surface area contributed by atoms with Crippen molar-refractivity contribution in [2.24, 2.45) is 5.73 Å². The average Bonchev–Trinajstić information content (AvgIpc) is 2.88. The molecule has 20 heavy (non-hydrogen) atoms. The number of benzene rings is 1. The van der Waals surface area contributed by atoms with E-state index in [0.29, 0.717) is 5.56 Å². The van der Waals surface area contributed by atoms with Gasteiger partial charge < -0.3 is 11.1 Å². The van der Waals surface area contributed by atoms with Crippen LogP contribution in [-0.4, -0.2) is 27.8 Å². The molecule has 2 aromatic rings. The lowest BCUT2D eigenvalue weighted by atomic mass is 10.1. The Morgan fingerprint density at radius 2 is 2.05 bits per heavy atom. The number of para-hydroxylation sites is 1. The summed E-state index contributed by atoms with van der Waals surface area (Å²) in [4.78, 5) is 12.1. The Balaban J connectivity index is 2.04. The molecule has 0 aliphatic carbocycles. The lowest BCUT2D eigenvalue weighted by molar-refractivity contribution is 0.0937. The van der Waals surface area contributed by atoms with Gasteiger partial charge in [-0.1, -0.05) is 18.2 Å². The second kappa shape index (κ2) is 6.34. The predicted octanol–water partition coefficient (Wildman–Crippen LogP) is 1.73. The minimum Gasteiger partial charge on any atom is -0.349 e. The molecule has 106 valence electrons. The molecule has 2 unspecified atom stereocenters. The molecule has 1 aromatic heterocycles. The van der Waals surface area contributed by atoms with Gasteiger partial charge in [0.05, 0.1) is 17.4 Å². The number of nitrogens with two attached hydrogens (primary N) is 1. The van der Waals surface area contributed by atoms with E-state index in [0.717, 1.165) is 12.1 Å². The fourth-order valence-corrected chi connectivity index (χ4v) is 2.09. The van der Waals surface area contributed by atoms with Gasteiger partial charge in [0.15, 0.2) is 0 Å². The maximum atomic E-state index is 12.1. The number of carbonyl (C=O) groups excluding carboxylic acids is 1. The number of rotatable bonds is 5. The van der Waals surface area contributed by atoms with E-state index < -0.39 is 0 Å². The van der Waals surface area contributed by atoms with Crippen LogP contribution >= 0.6 is 0 Å². The van der Waals surface area contributed by atoms with Crippen molar-refractivity contribution in [2.45, 2.75) is 32.4 Å². The van der Waals surface area contributed by atoms with Gasteiger partial charge in [0.2, 0.25) is 0 Å². The van der Waals surface area contributed by atoms with Gasteiger partial charge in [0.1, 0.15) is 0 Å². The first kappa shape index (κ1) is 14.3. The summed E-state index contributed by atoms with van der Waals surface area (Å²) in [6.07, 6.45) is 4.04. The van der Waals surface area contributed by atoms with Gasteiger partial charge in [-0.3, -0.25) is 4.79 Å². The molecule has 0 spiro atoms. The summed E-state index contributed by atoms with van der Waals surface area (Å²) in [6.45, 7) is 3.87. The highest BCUT2D eigenvalue weighted by atomic mass is 16.1. The second-order valence-corrected chi connectivity index (χ2v) is 5.10.